The molecule has 0 aliphatic carbocycles. The molecule has 0 unspecified atom stereocenters. The van der Waals surface area contributed by atoms with Crippen molar-refractivity contribution in [1.82, 2.24) is 9.97 Å². The molecule has 90 valence electrons. The van der Waals surface area contributed by atoms with E-state index in [1.54, 1.807) is 12.4 Å². The normalized spacial score (nSPS) is 10.3. The Labute approximate surface area is 111 Å². The molecule has 0 atom stereocenters. The first-order valence-electron chi connectivity index (χ1n) is 6.01. The fourth-order valence-electron chi connectivity index (χ4n) is 2.23. The van der Waals surface area contributed by atoms with E-state index in [1.807, 2.05) is 43.3 Å². The predicted octanol–water partition coefficient (Wildman–Crippen LogP) is 3.48. The molecule has 3 rings (SSSR count). The van der Waals surface area contributed by atoms with Gasteiger partial charge in [0.15, 0.2) is 0 Å². The fourth-order valence-corrected chi connectivity index (χ4v) is 2.23. The average Bonchev–Trinajstić information content (AvgIpc) is 2.48. The Bertz CT molecular complexity index is 786. The van der Waals surface area contributed by atoms with Gasteiger partial charge in [-0.3, -0.25) is 4.98 Å². The van der Waals surface area contributed by atoms with Crippen molar-refractivity contribution in [1.29, 1.82) is 5.26 Å². The Hall–Kier alpha value is -2.73. The molecule has 3 nitrogen and oxygen atoms in total. The second-order valence-corrected chi connectivity index (χ2v) is 4.33. The molecule has 19 heavy (non-hydrogen) atoms. The van der Waals surface area contributed by atoms with Gasteiger partial charge in [0.2, 0.25) is 0 Å². The molecule has 1 aromatic carbocycles. The van der Waals surface area contributed by atoms with Crippen molar-refractivity contribution >= 4 is 10.9 Å². The quantitative estimate of drug-likeness (QED) is 0.659. The summed E-state index contributed by atoms with van der Waals surface area (Å²) in [5.41, 5.74) is 4.05. The van der Waals surface area contributed by atoms with E-state index in [-0.39, 0.29) is 0 Å². The van der Waals surface area contributed by atoms with Crippen molar-refractivity contribution in [3.8, 4) is 17.3 Å². The Morgan fingerprint density at radius 1 is 1.11 bits per heavy atom. The maximum absolute atomic E-state index is 9.41. The van der Waals surface area contributed by atoms with E-state index < -0.39 is 0 Å². The van der Waals surface area contributed by atoms with Crippen LogP contribution >= 0.6 is 0 Å². The highest BCUT2D eigenvalue weighted by Gasteiger charge is 2.13. The second-order valence-electron chi connectivity index (χ2n) is 4.33. The lowest BCUT2D eigenvalue weighted by molar-refractivity contribution is 1.28. The zero-order valence-corrected chi connectivity index (χ0v) is 10.5. The van der Waals surface area contributed by atoms with Gasteiger partial charge in [0.05, 0.1) is 16.8 Å². The molecule has 0 amide bonds. The summed E-state index contributed by atoms with van der Waals surface area (Å²) in [6.07, 6.45) is 3.45. The molecular weight excluding hydrogens is 234 g/mol. The minimum atomic E-state index is 0.617. The summed E-state index contributed by atoms with van der Waals surface area (Å²) in [5, 5.41) is 10.4. The van der Waals surface area contributed by atoms with Gasteiger partial charge in [-0.1, -0.05) is 18.2 Å². The van der Waals surface area contributed by atoms with E-state index >= 15 is 0 Å². The molecule has 0 fully saturated rings. The number of hydrogen-bond donors (Lipinski definition) is 0. The molecule has 3 heteroatoms. The van der Waals surface area contributed by atoms with Crippen LogP contribution in [-0.2, 0) is 0 Å². The Balaban J connectivity index is 2.40. The van der Waals surface area contributed by atoms with Gasteiger partial charge in [-0.2, -0.15) is 5.26 Å². The average molecular weight is 245 g/mol. The predicted molar refractivity (Wildman–Crippen MR) is 74.4 cm³/mol. The number of aromatic nitrogens is 2. The summed E-state index contributed by atoms with van der Waals surface area (Å²) in [7, 11) is 0. The van der Waals surface area contributed by atoms with Crippen LogP contribution in [0.2, 0.25) is 0 Å². The third-order valence-corrected chi connectivity index (χ3v) is 3.20. The molecule has 0 aliphatic heterocycles. The summed E-state index contributed by atoms with van der Waals surface area (Å²) in [6, 6.07) is 13.9. The molecule has 2 aromatic heterocycles. The van der Waals surface area contributed by atoms with E-state index in [0.717, 1.165) is 22.0 Å². The number of aryl methyl sites for hydroxylation is 1. The number of nitriles is 1. The van der Waals surface area contributed by atoms with Crippen LogP contribution in [-0.4, -0.2) is 9.97 Å². The number of hydrogen-bond acceptors (Lipinski definition) is 3. The smallest absolute Gasteiger partial charge is 0.102 e. The number of para-hydroxylation sites is 1. The van der Waals surface area contributed by atoms with Crippen molar-refractivity contribution < 1.29 is 0 Å². The van der Waals surface area contributed by atoms with Gasteiger partial charge in [0.25, 0.3) is 0 Å². The summed E-state index contributed by atoms with van der Waals surface area (Å²) < 4.78 is 0. The molecule has 0 saturated carbocycles. The van der Waals surface area contributed by atoms with Crippen LogP contribution in [0, 0.1) is 18.3 Å². The molecule has 2 heterocycles. The maximum atomic E-state index is 9.41. The molecule has 0 radical (unpaired) electrons. The molecule has 3 aromatic rings. The third-order valence-electron chi connectivity index (χ3n) is 3.20. The van der Waals surface area contributed by atoms with Crippen LogP contribution in [0.3, 0.4) is 0 Å². The van der Waals surface area contributed by atoms with Crippen molar-refractivity contribution in [3.63, 3.8) is 0 Å². The zero-order chi connectivity index (χ0) is 13.2. The standard InChI is InChI=1S/C16H11N3/c1-11-13-6-2-3-7-15(13)19-16(14(11)9-17)12-5-4-8-18-10-12/h2-8,10H,1H3. The van der Waals surface area contributed by atoms with Crippen LogP contribution in [0.1, 0.15) is 11.1 Å². The minimum Gasteiger partial charge on any atom is -0.264 e. The van der Waals surface area contributed by atoms with Crippen LogP contribution in [0.15, 0.2) is 48.8 Å². The van der Waals surface area contributed by atoms with E-state index in [0.29, 0.717) is 11.3 Å². The van der Waals surface area contributed by atoms with Gasteiger partial charge in [0, 0.05) is 23.3 Å². The lowest BCUT2D eigenvalue weighted by Gasteiger charge is -2.09. The minimum absolute atomic E-state index is 0.617. The number of fused-ring (bicyclic) bond motifs is 1. The zero-order valence-electron chi connectivity index (χ0n) is 10.5. The number of pyridine rings is 2. The summed E-state index contributed by atoms with van der Waals surface area (Å²) in [5.74, 6) is 0. The van der Waals surface area contributed by atoms with E-state index in [9.17, 15) is 5.26 Å². The van der Waals surface area contributed by atoms with Gasteiger partial charge in [0.1, 0.15) is 6.07 Å². The van der Waals surface area contributed by atoms with Crippen molar-refractivity contribution in [2.75, 3.05) is 0 Å². The lowest BCUT2D eigenvalue weighted by Crippen LogP contribution is -1.95. The van der Waals surface area contributed by atoms with Gasteiger partial charge >= 0.3 is 0 Å². The highest BCUT2D eigenvalue weighted by atomic mass is 14.7. The van der Waals surface area contributed by atoms with Crippen LogP contribution < -0.4 is 0 Å². The lowest BCUT2D eigenvalue weighted by atomic mass is 9.99. The van der Waals surface area contributed by atoms with E-state index in [1.165, 1.54) is 0 Å². The Morgan fingerprint density at radius 2 is 1.95 bits per heavy atom. The number of nitrogens with zero attached hydrogens (tertiary/aromatic N) is 3. The van der Waals surface area contributed by atoms with Gasteiger partial charge in [-0.15, -0.1) is 0 Å². The number of rotatable bonds is 1. The van der Waals surface area contributed by atoms with Gasteiger partial charge < -0.3 is 0 Å². The van der Waals surface area contributed by atoms with Gasteiger partial charge in [-0.25, -0.2) is 4.98 Å². The first kappa shape index (κ1) is 11.4. The molecule has 0 N–H and O–H groups in total. The highest BCUT2D eigenvalue weighted by molar-refractivity contribution is 5.88. The first-order chi connectivity index (χ1) is 9.31. The first-order valence-corrected chi connectivity index (χ1v) is 6.01. The van der Waals surface area contributed by atoms with Crippen LogP contribution in [0.4, 0.5) is 0 Å². The summed E-state index contributed by atoms with van der Waals surface area (Å²) in [6.45, 7) is 1.96. The van der Waals surface area contributed by atoms with Gasteiger partial charge in [-0.05, 0) is 30.7 Å². The summed E-state index contributed by atoms with van der Waals surface area (Å²) in [4.78, 5) is 8.71. The van der Waals surface area contributed by atoms with Crippen LogP contribution in [0.5, 0.6) is 0 Å². The largest absolute Gasteiger partial charge is 0.264 e. The topological polar surface area (TPSA) is 49.6 Å². The molecule has 0 spiro atoms. The van der Waals surface area contributed by atoms with Crippen LogP contribution in [0.25, 0.3) is 22.2 Å². The van der Waals surface area contributed by atoms with Crippen molar-refractivity contribution in [2.24, 2.45) is 0 Å². The number of benzene rings is 1. The van der Waals surface area contributed by atoms with E-state index in [2.05, 4.69) is 16.0 Å². The van der Waals surface area contributed by atoms with E-state index in [4.69, 9.17) is 0 Å². The second kappa shape index (κ2) is 4.51. The Morgan fingerprint density at radius 3 is 2.68 bits per heavy atom. The summed E-state index contributed by atoms with van der Waals surface area (Å²) >= 11 is 0. The SMILES string of the molecule is Cc1c(C#N)c(-c2cccnc2)nc2ccccc12. The molecule has 0 aliphatic rings. The van der Waals surface area contributed by atoms with Crippen molar-refractivity contribution in [2.45, 2.75) is 6.92 Å². The highest BCUT2D eigenvalue weighted by Crippen LogP contribution is 2.28. The Kier molecular flexibility index (Phi) is 2.70. The molecule has 0 bridgehead atoms. The monoisotopic (exact) mass is 245 g/mol. The maximum Gasteiger partial charge on any atom is 0.102 e. The molecular formula is C16H11N3. The molecule has 0 saturated heterocycles. The van der Waals surface area contributed by atoms with Crippen molar-refractivity contribution in [3.05, 3.63) is 59.9 Å². The fraction of sp³-hybridized carbons (Fsp3) is 0.0625. The third kappa shape index (κ3) is 1.84.